The minimum absolute atomic E-state index is 0.0880. The average molecular weight is 375 g/mol. The number of carbonyl (C=O) groups is 1. The van der Waals surface area contributed by atoms with Gasteiger partial charge in [-0.3, -0.25) is 4.79 Å². The molecule has 7 heteroatoms. The number of azo groups is 1. The van der Waals surface area contributed by atoms with Crippen molar-refractivity contribution in [1.29, 1.82) is 0 Å². The SMILES string of the molecule is O=C(c1csc(C2CN=NC2)c1)N1CCC(F)(c2ccccc2F)CC1. The highest BCUT2D eigenvalue weighted by Gasteiger charge is 2.39. The first-order valence-electron chi connectivity index (χ1n) is 8.72. The van der Waals surface area contributed by atoms with Gasteiger partial charge in [0, 0.05) is 47.7 Å². The number of piperidine rings is 1. The van der Waals surface area contributed by atoms with E-state index in [-0.39, 0.29) is 43.3 Å². The molecule has 4 nitrogen and oxygen atoms in total. The topological polar surface area (TPSA) is 45.0 Å². The van der Waals surface area contributed by atoms with Crippen LogP contribution in [0.2, 0.25) is 0 Å². The van der Waals surface area contributed by atoms with Crippen LogP contribution in [0.1, 0.15) is 39.6 Å². The first-order valence-corrected chi connectivity index (χ1v) is 9.60. The molecule has 0 bridgehead atoms. The quantitative estimate of drug-likeness (QED) is 0.777. The maximum absolute atomic E-state index is 15.2. The van der Waals surface area contributed by atoms with Crippen molar-refractivity contribution in [3.8, 4) is 0 Å². The Bertz CT molecular complexity index is 835. The Morgan fingerprint density at radius 2 is 1.88 bits per heavy atom. The lowest BCUT2D eigenvalue weighted by molar-refractivity contribution is 0.0407. The molecule has 0 radical (unpaired) electrons. The Morgan fingerprint density at radius 3 is 2.58 bits per heavy atom. The van der Waals surface area contributed by atoms with Crippen molar-refractivity contribution in [3.63, 3.8) is 0 Å². The molecule has 0 N–H and O–H groups in total. The third-order valence-corrected chi connectivity index (χ3v) is 6.27. The molecule has 4 rings (SSSR count). The number of halogens is 2. The van der Waals surface area contributed by atoms with Gasteiger partial charge in [-0.1, -0.05) is 18.2 Å². The Hall–Kier alpha value is -2.15. The lowest BCUT2D eigenvalue weighted by Gasteiger charge is -2.36. The maximum atomic E-state index is 15.2. The maximum Gasteiger partial charge on any atom is 0.254 e. The highest BCUT2D eigenvalue weighted by molar-refractivity contribution is 7.10. The zero-order valence-corrected chi connectivity index (χ0v) is 15.0. The van der Waals surface area contributed by atoms with Crippen molar-refractivity contribution in [2.45, 2.75) is 24.4 Å². The number of alkyl halides is 1. The molecule has 0 spiro atoms. The number of hydrogen-bond acceptors (Lipinski definition) is 4. The van der Waals surface area contributed by atoms with Crippen LogP contribution >= 0.6 is 11.3 Å². The summed E-state index contributed by atoms with van der Waals surface area (Å²) in [6, 6.07) is 7.88. The molecule has 1 aromatic carbocycles. The van der Waals surface area contributed by atoms with E-state index in [0.717, 1.165) is 4.88 Å². The average Bonchev–Trinajstić information content (AvgIpc) is 3.33. The number of amides is 1. The number of hydrogen-bond donors (Lipinski definition) is 0. The molecule has 1 fully saturated rings. The molecule has 2 aromatic rings. The van der Waals surface area contributed by atoms with Crippen molar-refractivity contribution in [2.24, 2.45) is 10.2 Å². The second-order valence-corrected chi connectivity index (χ2v) is 7.76. The van der Waals surface area contributed by atoms with E-state index < -0.39 is 11.5 Å². The minimum Gasteiger partial charge on any atom is -0.338 e. The summed E-state index contributed by atoms with van der Waals surface area (Å²) in [6.07, 6.45) is 0.216. The highest BCUT2D eigenvalue weighted by atomic mass is 32.1. The van der Waals surface area contributed by atoms with E-state index >= 15 is 4.39 Å². The molecule has 2 aliphatic rings. The Labute approximate surface area is 154 Å². The lowest BCUT2D eigenvalue weighted by Crippen LogP contribution is -2.43. The fraction of sp³-hybridized carbons (Fsp3) is 0.421. The molecule has 26 heavy (non-hydrogen) atoms. The largest absolute Gasteiger partial charge is 0.338 e. The Balaban J connectivity index is 1.43. The smallest absolute Gasteiger partial charge is 0.254 e. The summed E-state index contributed by atoms with van der Waals surface area (Å²) in [4.78, 5) is 15.5. The third-order valence-electron chi connectivity index (χ3n) is 5.17. The molecule has 0 saturated carbocycles. The van der Waals surface area contributed by atoms with Crippen LogP contribution in [-0.4, -0.2) is 37.0 Å². The van der Waals surface area contributed by atoms with Crippen molar-refractivity contribution < 1.29 is 13.6 Å². The van der Waals surface area contributed by atoms with E-state index in [9.17, 15) is 9.18 Å². The molecule has 3 heterocycles. The fourth-order valence-electron chi connectivity index (χ4n) is 3.57. The van der Waals surface area contributed by atoms with Gasteiger partial charge in [0.25, 0.3) is 5.91 Å². The molecule has 1 aromatic heterocycles. The summed E-state index contributed by atoms with van der Waals surface area (Å²) in [6.45, 7) is 1.90. The predicted molar refractivity (Wildman–Crippen MR) is 96.0 cm³/mol. The summed E-state index contributed by atoms with van der Waals surface area (Å²) in [5.41, 5.74) is -0.984. The normalized spacial score (nSPS) is 19.8. The van der Waals surface area contributed by atoms with Gasteiger partial charge in [-0.05, 0) is 12.1 Å². The second kappa shape index (κ2) is 6.87. The highest BCUT2D eigenvalue weighted by Crippen LogP contribution is 2.38. The number of thiophene rings is 1. The molecule has 0 aliphatic carbocycles. The number of nitrogens with zero attached hydrogens (tertiary/aromatic N) is 3. The van der Waals surface area contributed by atoms with Gasteiger partial charge in [0.1, 0.15) is 11.5 Å². The van der Waals surface area contributed by atoms with Crippen LogP contribution in [0.5, 0.6) is 0 Å². The van der Waals surface area contributed by atoms with Crippen molar-refractivity contribution >= 4 is 17.2 Å². The fourth-order valence-corrected chi connectivity index (χ4v) is 4.54. The van der Waals surface area contributed by atoms with Gasteiger partial charge in [0.05, 0.1) is 18.7 Å². The Morgan fingerprint density at radius 1 is 1.19 bits per heavy atom. The zero-order chi connectivity index (χ0) is 18.1. The summed E-state index contributed by atoms with van der Waals surface area (Å²) in [7, 11) is 0. The van der Waals surface area contributed by atoms with Gasteiger partial charge in [0.15, 0.2) is 0 Å². The zero-order valence-electron chi connectivity index (χ0n) is 14.2. The van der Waals surface area contributed by atoms with Crippen LogP contribution in [0.3, 0.4) is 0 Å². The number of benzene rings is 1. The molecule has 0 atom stereocenters. The van der Waals surface area contributed by atoms with Crippen LogP contribution < -0.4 is 0 Å². The van der Waals surface area contributed by atoms with Gasteiger partial charge in [-0.25, -0.2) is 8.78 Å². The van der Waals surface area contributed by atoms with Crippen LogP contribution in [0, 0.1) is 5.82 Å². The van der Waals surface area contributed by atoms with Gasteiger partial charge in [0.2, 0.25) is 0 Å². The summed E-state index contributed by atoms with van der Waals surface area (Å²) in [5, 5.41) is 9.85. The third kappa shape index (κ3) is 3.16. The van der Waals surface area contributed by atoms with E-state index in [1.807, 2.05) is 11.4 Å². The molecular formula is C19H19F2N3OS. The van der Waals surface area contributed by atoms with Gasteiger partial charge in [-0.15, -0.1) is 11.3 Å². The lowest BCUT2D eigenvalue weighted by atomic mass is 9.85. The molecule has 0 unspecified atom stereocenters. The summed E-state index contributed by atoms with van der Waals surface area (Å²) < 4.78 is 29.2. The second-order valence-electron chi connectivity index (χ2n) is 6.82. The van der Waals surface area contributed by atoms with Gasteiger partial charge < -0.3 is 4.90 Å². The van der Waals surface area contributed by atoms with E-state index in [1.54, 1.807) is 28.4 Å². The molecule has 2 aliphatic heterocycles. The first kappa shape index (κ1) is 17.3. The van der Waals surface area contributed by atoms with Gasteiger partial charge in [-0.2, -0.15) is 10.2 Å². The van der Waals surface area contributed by atoms with E-state index in [4.69, 9.17) is 0 Å². The summed E-state index contributed by atoms with van der Waals surface area (Å²) >= 11 is 1.55. The monoisotopic (exact) mass is 375 g/mol. The molecule has 1 saturated heterocycles. The van der Waals surface area contributed by atoms with Crippen LogP contribution in [0.4, 0.5) is 8.78 Å². The van der Waals surface area contributed by atoms with E-state index in [2.05, 4.69) is 10.2 Å². The number of rotatable bonds is 3. The molecular weight excluding hydrogens is 356 g/mol. The molecule has 136 valence electrons. The standard InChI is InChI=1S/C19H19F2N3OS/c20-16-4-2-1-3-15(16)19(21)5-7-24(8-6-19)18(25)13-9-17(26-12-13)14-10-22-23-11-14/h1-4,9,12,14H,5-8,10-11H2. The Kier molecular flexibility index (Phi) is 4.56. The van der Waals surface area contributed by atoms with Crippen LogP contribution in [0.25, 0.3) is 0 Å². The van der Waals surface area contributed by atoms with E-state index in [1.165, 1.54) is 12.1 Å². The van der Waals surface area contributed by atoms with Crippen molar-refractivity contribution in [1.82, 2.24) is 4.90 Å². The van der Waals surface area contributed by atoms with Gasteiger partial charge >= 0.3 is 0 Å². The number of likely N-dealkylation sites (tertiary alicyclic amines) is 1. The minimum atomic E-state index is -1.71. The summed E-state index contributed by atoms with van der Waals surface area (Å²) in [5.74, 6) is -0.345. The van der Waals surface area contributed by atoms with E-state index in [0.29, 0.717) is 18.7 Å². The van der Waals surface area contributed by atoms with Crippen molar-refractivity contribution in [3.05, 3.63) is 57.5 Å². The number of carbonyl (C=O) groups excluding carboxylic acids is 1. The van der Waals surface area contributed by atoms with Crippen LogP contribution in [0.15, 0.2) is 45.9 Å². The molecule has 1 amide bonds. The predicted octanol–water partition coefficient (Wildman–Crippen LogP) is 4.54. The first-order chi connectivity index (χ1) is 12.6. The van der Waals surface area contributed by atoms with Crippen molar-refractivity contribution in [2.75, 3.05) is 26.2 Å². The van der Waals surface area contributed by atoms with Crippen LogP contribution in [-0.2, 0) is 5.67 Å².